The van der Waals surface area contributed by atoms with Gasteiger partial charge in [-0.15, -0.1) is 0 Å². The Hall–Kier alpha value is -0.940. The van der Waals surface area contributed by atoms with Crippen LogP contribution in [0.2, 0.25) is 0 Å². The number of quaternary nitrogens is 2. The van der Waals surface area contributed by atoms with Crippen molar-refractivity contribution in [2.24, 2.45) is 0 Å². The zero-order valence-electron chi connectivity index (χ0n) is 13.5. The third-order valence-corrected chi connectivity index (χ3v) is 4.44. The predicted octanol–water partition coefficient (Wildman–Crippen LogP) is -1.40. The summed E-state index contributed by atoms with van der Waals surface area (Å²) < 4.78 is 5.36. The van der Waals surface area contributed by atoms with Gasteiger partial charge in [-0.25, -0.2) is 0 Å². The van der Waals surface area contributed by atoms with Crippen molar-refractivity contribution in [1.29, 1.82) is 0 Å². The monoisotopic (exact) mass is 294 g/mol. The van der Waals surface area contributed by atoms with Crippen LogP contribution in [0.3, 0.4) is 0 Å². The first kappa shape index (κ1) is 16.4. The molecule has 118 valence electrons. The van der Waals surface area contributed by atoms with Crippen LogP contribution in [0.25, 0.3) is 0 Å². The summed E-state index contributed by atoms with van der Waals surface area (Å²) in [6.07, 6.45) is 0. The highest BCUT2D eigenvalue weighted by molar-refractivity contribution is 5.29. The fraction of sp³-hybridized carbons (Fsp3) is 0.647. The highest BCUT2D eigenvalue weighted by Gasteiger charge is 2.22. The van der Waals surface area contributed by atoms with Gasteiger partial charge < -0.3 is 19.6 Å². The van der Waals surface area contributed by atoms with E-state index in [9.17, 15) is 0 Å². The average molecular weight is 294 g/mol. The molecule has 0 radical (unpaired) electrons. The second kappa shape index (κ2) is 8.49. The highest BCUT2D eigenvalue weighted by atomic mass is 16.5. The minimum atomic E-state index is 0.128. The molecule has 21 heavy (non-hydrogen) atoms. The zero-order chi connectivity index (χ0) is 15.1. The van der Waals surface area contributed by atoms with E-state index in [-0.39, 0.29) is 6.61 Å². The SMILES string of the molecule is Cc1ccc(C[NH+]2CC[NH+](CCOCCO)CC2)c(C)c1. The summed E-state index contributed by atoms with van der Waals surface area (Å²) in [5.74, 6) is 0. The standard InChI is InChI=1S/C17H28N2O2/c1-15-3-4-17(16(2)13-15)14-19-7-5-18(6-8-19)9-11-21-12-10-20/h3-4,13,20H,5-12,14H2,1-2H3/p+2. The van der Waals surface area contributed by atoms with Gasteiger partial charge in [0, 0.05) is 5.56 Å². The van der Waals surface area contributed by atoms with Gasteiger partial charge in [-0.05, 0) is 19.4 Å². The molecule has 0 aromatic heterocycles. The van der Waals surface area contributed by atoms with Gasteiger partial charge in [0.2, 0.25) is 0 Å². The van der Waals surface area contributed by atoms with Crippen molar-refractivity contribution >= 4 is 0 Å². The molecule has 1 heterocycles. The summed E-state index contributed by atoms with van der Waals surface area (Å²) in [7, 11) is 0. The number of nitrogens with one attached hydrogen (secondary N) is 2. The number of rotatable bonds is 7. The molecule has 0 bridgehead atoms. The molecule has 4 nitrogen and oxygen atoms in total. The van der Waals surface area contributed by atoms with Crippen molar-refractivity contribution in [2.45, 2.75) is 20.4 Å². The Bertz CT molecular complexity index is 429. The number of hydrogen-bond donors (Lipinski definition) is 3. The molecular weight excluding hydrogens is 264 g/mol. The molecule has 0 aliphatic carbocycles. The van der Waals surface area contributed by atoms with Gasteiger partial charge >= 0.3 is 0 Å². The Kier molecular flexibility index (Phi) is 6.64. The lowest BCUT2D eigenvalue weighted by molar-refractivity contribution is -1.02. The summed E-state index contributed by atoms with van der Waals surface area (Å²) in [5, 5.41) is 8.68. The lowest BCUT2D eigenvalue weighted by Gasteiger charge is -2.30. The molecule has 3 N–H and O–H groups in total. The van der Waals surface area contributed by atoms with Crippen molar-refractivity contribution in [3.63, 3.8) is 0 Å². The first-order valence-electron chi connectivity index (χ1n) is 8.11. The van der Waals surface area contributed by atoms with Gasteiger partial charge in [0.1, 0.15) is 39.3 Å². The molecule has 4 heteroatoms. The average Bonchev–Trinajstić information content (AvgIpc) is 2.48. The van der Waals surface area contributed by atoms with Crippen LogP contribution in [0.15, 0.2) is 18.2 Å². The van der Waals surface area contributed by atoms with Gasteiger partial charge in [-0.1, -0.05) is 23.8 Å². The van der Waals surface area contributed by atoms with Crippen LogP contribution in [0, 0.1) is 13.8 Å². The van der Waals surface area contributed by atoms with Crippen molar-refractivity contribution in [1.82, 2.24) is 0 Å². The van der Waals surface area contributed by atoms with Crippen LogP contribution < -0.4 is 9.80 Å². The number of benzene rings is 1. The van der Waals surface area contributed by atoms with Crippen LogP contribution in [0.1, 0.15) is 16.7 Å². The highest BCUT2D eigenvalue weighted by Crippen LogP contribution is 2.08. The fourth-order valence-electron chi connectivity index (χ4n) is 3.08. The zero-order valence-corrected chi connectivity index (χ0v) is 13.5. The molecule has 1 aliphatic heterocycles. The summed E-state index contributed by atoms with van der Waals surface area (Å²) >= 11 is 0. The second-order valence-electron chi connectivity index (χ2n) is 6.19. The summed E-state index contributed by atoms with van der Waals surface area (Å²) in [6, 6.07) is 6.80. The maximum atomic E-state index is 8.68. The Balaban J connectivity index is 1.71. The number of piperazine rings is 1. The molecule has 1 aliphatic rings. The number of aliphatic hydroxyl groups is 1. The van der Waals surface area contributed by atoms with Crippen molar-refractivity contribution in [2.75, 3.05) is 52.5 Å². The van der Waals surface area contributed by atoms with Gasteiger partial charge in [-0.2, -0.15) is 0 Å². The van der Waals surface area contributed by atoms with Crippen LogP contribution in [0.4, 0.5) is 0 Å². The molecule has 0 amide bonds. The van der Waals surface area contributed by atoms with E-state index in [1.807, 2.05) is 0 Å². The molecule has 1 saturated heterocycles. The molecule has 1 fully saturated rings. The van der Waals surface area contributed by atoms with E-state index in [1.54, 1.807) is 9.80 Å². The first-order chi connectivity index (χ1) is 10.2. The van der Waals surface area contributed by atoms with Crippen molar-refractivity contribution < 1.29 is 19.6 Å². The Morgan fingerprint density at radius 3 is 2.43 bits per heavy atom. The first-order valence-corrected chi connectivity index (χ1v) is 8.11. The lowest BCUT2D eigenvalue weighted by Crippen LogP contribution is -3.27. The molecule has 0 saturated carbocycles. The molecule has 0 unspecified atom stereocenters. The summed E-state index contributed by atoms with van der Waals surface area (Å²) in [6.45, 7) is 12.9. The summed E-state index contributed by atoms with van der Waals surface area (Å²) in [5.41, 5.74) is 4.27. The Morgan fingerprint density at radius 2 is 1.76 bits per heavy atom. The van der Waals surface area contributed by atoms with Crippen LogP contribution >= 0.6 is 0 Å². The quantitative estimate of drug-likeness (QED) is 0.541. The smallest absolute Gasteiger partial charge is 0.127 e. The van der Waals surface area contributed by atoms with E-state index in [0.29, 0.717) is 6.61 Å². The van der Waals surface area contributed by atoms with E-state index >= 15 is 0 Å². The molecule has 0 atom stereocenters. The van der Waals surface area contributed by atoms with Gasteiger partial charge in [0.05, 0.1) is 19.8 Å². The molecular formula is C17H30N2O2+2. The molecule has 0 spiro atoms. The van der Waals surface area contributed by atoms with Crippen LogP contribution in [-0.4, -0.2) is 57.7 Å². The van der Waals surface area contributed by atoms with Gasteiger partial charge in [0.25, 0.3) is 0 Å². The minimum Gasteiger partial charge on any atom is -0.394 e. The van der Waals surface area contributed by atoms with Gasteiger partial charge in [0.15, 0.2) is 0 Å². The molecule has 1 aromatic rings. The van der Waals surface area contributed by atoms with E-state index < -0.39 is 0 Å². The van der Waals surface area contributed by atoms with E-state index in [2.05, 4.69) is 32.0 Å². The maximum absolute atomic E-state index is 8.68. The largest absolute Gasteiger partial charge is 0.394 e. The van der Waals surface area contributed by atoms with E-state index in [4.69, 9.17) is 9.84 Å². The van der Waals surface area contributed by atoms with Crippen LogP contribution in [0.5, 0.6) is 0 Å². The Morgan fingerprint density at radius 1 is 1.05 bits per heavy atom. The molecule has 2 rings (SSSR count). The normalized spacial score (nSPS) is 22.4. The third kappa shape index (κ3) is 5.40. The fourth-order valence-corrected chi connectivity index (χ4v) is 3.08. The number of aryl methyl sites for hydroxylation is 2. The number of aliphatic hydroxyl groups excluding tert-OH is 1. The molecule has 1 aromatic carbocycles. The van der Waals surface area contributed by atoms with E-state index in [0.717, 1.165) is 19.7 Å². The topological polar surface area (TPSA) is 38.3 Å². The third-order valence-electron chi connectivity index (χ3n) is 4.44. The second-order valence-corrected chi connectivity index (χ2v) is 6.19. The number of hydrogen-bond acceptors (Lipinski definition) is 2. The van der Waals surface area contributed by atoms with Gasteiger partial charge in [-0.3, -0.25) is 0 Å². The number of ether oxygens (including phenoxy) is 1. The lowest BCUT2D eigenvalue weighted by atomic mass is 10.1. The minimum absolute atomic E-state index is 0.128. The predicted molar refractivity (Wildman–Crippen MR) is 83.8 cm³/mol. The maximum Gasteiger partial charge on any atom is 0.127 e. The van der Waals surface area contributed by atoms with Crippen molar-refractivity contribution in [3.8, 4) is 0 Å². The Labute approximate surface area is 128 Å². The van der Waals surface area contributed by atoms with Crippen molar-refractivity contribution in [3.05, 3.63) is 34.9 Å². The summed E-state index contributed by atoms with van der Waals surface area (Å²) in [4.78, 5) is 3.33. The van der Waals surface area contributed by atoms with Crippen LogP contribution in [-0.2, 0) is 11.3 Å². The van der Waals surface area contributed by atoms with E-state index in [1.165, 1.54) is 42.9 Å².